The van der Waals surface area contributed by atoms with E-state index in [1.54, 1.807) is 0 Å². The first-order valence-corrected chi connectivity index (χ1v) is 13.9. The van der Waals surface area contributed by atoms with Gasteiger partial charge in [-0.15, -0.1) is 0 Å². The molecule has 2 saturated heterocycles. The van der Waals surface area contributed by atoms with Gasteiger partial charge < -0.3 is 74.1 Å². The van der Waals surface area contributed by atoms with Crippen molar-refractivity contribution in [2.45, 2.75) is 68.3 Å². The molecule has 46 heavy (non-hydrogen) atoms. The van der Waals surface area contributed by atoms with Crippen molar-refractivity contribution in [3.8, 4) is 34.3 Å². The number of aromatic hydroxyl groups is 3. The Balaban J connectivity index is 1.41. The molecule has 2 aliphatic heterocycles. The van der Waals surface area contributed by atoms with Crippen LogP contribution in [0.15, 0.2) is 45.6 Å². The first-order valence-electron chi connectivity index (χ1n) is 13.9. The summed E-state index contributed by atoms with van der Waals surface area (Å²) < 4.78 is 33.2. The highest BCUT2D eigenvalue weighted by atomic mass is 16.8. The summed E-state index contributed by atoms with van der Waals surface area (Å²) in [7, 11) is 0. The number of phenols is 3. The first kappa shape index (κ1) is 33.3. The third-order valence-electron chi connectivity index (χ3n) is 7.56. The number of benzene rings is 2. The predicted molar refractivity (Wildman–Crippen MR) is 149 cm³/mol. The van der Waals surface area contributed by atoms with Gasteiger partial charge in [0.25, 0.3) is 0 Å². The molecule has 250 valence electrons. The Hall–Kier alpha value is -4.04. The standard InChI is InChI=1S/C29H32O17/c1-10(31)41-9-18-22(37)24(39)27(46-28-25(40)23(38)21(36)17(8-30)44-28)29(45-18)42-12-4-2-11(3-5-12)16-7-14(33)19-13(32)6-15(34)20(35)26(19)43-16/h2-7,17-18,21-25,27-30,32,34-40H,8-9H2,1H3/t17-,18-,21-,22-,23+,24+,25-,27-,28+,29-/m1/s1. The van der Waals surface area contributed by atoms with Gasteiger partial charge in [-0.1, -0.05) is 0 Å². The van der Waals surface area contributed by atoms with E-state index in [-0.39, 0.29) is 22.5 Å². The molecule has 17 heteroatoms. The number of hydrogen-bond acceptors (Lipinski definition) is 17. The average Bonchev–Trinajstić information content (AvgIpc) is 3.02. The highest BCUT2D eigenvalue weighted by Crippen LogP contribution is 2.39. The number of ether oxygens (including phenoxy) is 5. The van der Waals surface area contributed by atoms with Crippen molar-refractivity contribution in [2.75, 3.05) is 13.2 Å². The van der Waals surface area contributed by atoms with Gasteiger partial charge in [0.05, 0.1) is 6.61 Å². The maximum Gasteiger partial charge on any atom is 0.302 e. The van der Waals surface area contributed by atoms with Crippen LogP contribution in [0.1, 0.15) is 6.92 Å². The summed E-state index contributed by atoms with van der Waals surface area (Å²) in [6, 6.07) is 7.47. The van der Waals surface area contributed by atoms with Crippen LogP contribution < -0.4 is 10.2 Å². The minimum Gasteiger partial charge on any atom is -0.507 e. The zero-order valence-corrected chi connectivity index (χ0v) is 23.9. The van der Waals surface area contributed by atoms with Gasteiger partial charge in [-0.05, 0) is 24.3 Å². The van der Waals surface area contributed by atoms with Gasteiger partial charge in [0.1, 0.15) is 72.0 Å². The van der Waals surface area contributed by atoms with E-state index in [0.717, 1.165) is 19.1 Å². The number of esters is 1. The zero-order valence-electron chi connectivity index (χ0n) is 23.9. The number of hydrogen-bond donors (Lipinski definition) is 9. The Morgan fingerprint density at radius 1 is 0.826 bits per heavy atom. The molecule has 5 rings (SSSR count). The number of phenolic OH excluding ortho intramolecular Hbond substituents is 3. The lowest BCUT2D eigenvalue weighted by Gasteiger charge is -2.45. The van der Waals surface area contributed by atoms with Crippen molar-refractivity contribution in [1.29, 1.82) is 0 Å². The summed E-state index contributed by atoms with van der Waals surface area (Å²) in [5, 5.41) is 91.5. The second-order valence-electron chi connectivity index (χ2n) is 10.7. The molecule has 2 fully saturated rings. The minimum atomic E-state index is -1.86. The maximum atomic E-state index is 12.7. The van der Waals surface area contributed by atoms with Crippen LogP contribution in [0.3, 0.4) is 0 Å². The third kappa shape index (κ3) is 6.45. The fourth-order valence-electron chi connectivity index (χ4n) is 5.08. The molecule has 9 N–H and O–H groups in total. The number of aliphatic hydroxyl groups is 6. The maximum absolute atomic E-state index is 12.7. The summed E-state index contributed by atoms with van der Waals surface area (Å²) >= 11 is 0. The van der Waals surface area contributed by atoms with Gasteiger partial charge in [0, 0.05) is 24.6 Å². The molecule has 3 heterocycles. The molecule has 0 bridgehead atoms. The van der Waals surface area contributed by atoms with Crippen LogP contribution in [0, 0.1) is 0 Å². The normalized spacial score (nSPS) is 31.5. The highest BCUT2D eigenvalue weighted by Gasteiger charge is 2.51. The van der Waals surface area contributed by atoms with Crippen molar-refractivity contribution in [3.63, 3.8) is 0 Å². The molecular formula is C29H32O17. The lowest BCUT2D eigenvalue weighted by Crippen LogP contribution is -2.65. The van der Waals surface area contributed by atoms with Gasteiger partial charge in [-0.3, -0.25) is 9.59 Å². The fourth-order valence-corrected chi connectivity index (χ4v) is 5.08. The molecule has 0 saturated carbocycles. The predicted octanol–water partition coefficient (Wildman–Crippen LogP) is -1.85. The van der Waals surface area contributed by atoms with Crippen molar-refractivity contribution >= 4 is 16.9 Å². The van der Waals surface area contributed by atoms with Gasteiger partial charge in [0.15, 0.2) is 29.2 Å². The molecule has 0 amide bonds. The van der Waals surface area contributed by atoms with Crippen LogP contribution in [0.25, 0.3) is 22.3 Å². The molecule has 0 unspecified atom stereocenters. The summed E-state index contributed by atoms with van der Waals surface area (Å²) in [6.45, 7) is -0.123. The largest absolute Gasteiger partial charge is 0.507 e. The van der Waals surface area contributed by atoms with Crippen molar-refractivity contribution in [2.24, 2.45) is 0 Å². The Kier molecular flexibility index (Phi) is 9.68. The van der Waals surface area contributed by atoms with E-state index in [4.69, 9.17) is 28.1 Å². The number of aliphatic hydroxyl groups excluding tert-OH is 6. The monoisotopic (exact) mass is 652 g/mol. The summed E-state index contributed by atoms with van der Waals surface area (Å²) in [5.74, 6) is -2.75. The van der Waals surface area contributed by atoms with Crippen molar-refractivity contribution < 1.29 is 78.9 Å². The molecule has 2 aliphatic rings. The molecule has 10 atom stereocenters. The van der Waals surface area contributed by atoms with Crippen LogP contribution in [0.5, 0.6) is 23.0 Å². The lowest BCUT2D eigenvalue weighted by atomic mass is 9.97. The second-order valence-corrected chi connectivity index (χ2v) is 10.7. The van der Waals surface area contributed by atoms with Crippen LogP contribution in [0.4, 0.5) is 0 Å². The molecule has 0 radical (unpaired) electrons. The molecule has 1 aromatic heterocycles. The Labute approximate surface area is 258 Å². The Morgan fingerprint density at radius 3 is 2.13 bits per heavy atom. The topological polar surface area (TPSA) is 275 Å². The number of carbonyl (C=O) groups is 1. The quantitative estimate of drug-likeness (QED) is 0.0734. The Bertz CT molecular complexity index is 1600. The fraction of sp³-hybridized carbons (Fsp3) is 0.448. The van der Waals surface area contributed by atoms with E-state index < -0.39 is 109 Å². The molecule has 2 aromatic carbocycles. The third-order valence-corrected chi connectivity index (χ3v) is 7.56. The molecular weight excluding hydrogens is 620 g/mol. The molecule has 0 spiro atoms. The molecule has 0 aliphatic carbocycles. The van der Waals surface area contributed by atoms with Gasteiger partial charge in [-0.2, -0.15) is 0 Å². The van der Waals surface area contributed by atoms with E-state index in [1.165, 1.54) is 24.3 Å². The van der Waals surface area contributed by atoms with E-state index >= 15 is 0 Å². The van der Waals surface area contributed by atoms with Gasteiger partial charge in [0.2, 0.25) is 12.0 Å². The minimum absolute atomic E-state index is 0.0536. The lowest BCUT2D eigenvalue weighted by molar-refractivity contribution is -0.358. The van der Waals surface area contributed by atoms with E-state index in [9.17, 15) is 55.5 Å². The number of rotatable bonds is 8. The molecule has 17 nitrogen and oxygen atoms in total. The highest BCUT2D eigenvalue weighted by molar-refractivity contribution is 5.91. The SMILES string of the molecule is CC(=O)OC[C@H]1O[C@@H](Oc2ccc(-c3cc(=O)c4c(O)cc(O)c(O)c4o3)cc2)[C@H](O[C@@H]2O[C@H](CO)[C@@H](O)[C@H](O)[C@H]2O)[C@@H](O)[C@@H]1O. The van der Waals surface area contributed by atoms with Crippen LogP contribution in [-0.2, 0) is 23.7 Å². The van der Waals surface area contributed by atoms with Crippen molar-refractivity contribution in [3.05, 3.63) is 46.6 Å². The second kappa shape index (κ2) is 13.4. The summed E-state index contributed by atoms with van der Waals surface area (Å²) in [5.41, 5.74) is -0.870. The van der Waals surface area contributed by atoms with Gasteiger partial charge >= 0.3 is 5.97 Å². The first-order chi connectivity index (χ1) is 21.8. The number of fused-ring (bicyclic) bond motifs is 1. The summed E-state index contributed by atoms with van der Waals surface area (Å²) in [4.78, 5) is 24.0. The van der Waals surface area contributed by atoms with Crippen LogP contribution in [0.2, 0.25) is 0 Å². The average molecular weight is 653 g/mol. The smallest absolute Gasteiger partial charge is 0.302 e. The van der Waals surface area contributed by atoms with Crippen molar-refractivity contribution in [1.82, 2.24) is 0 Å². The van der Waals surface area contributed by atoms with E-state index in [1.807, 2.05) is 0 Å². The Morgan fingerprint density at radius 2 is 1.48 bits per heavy atom. The van der Waals surface area contributed by atoms with E-state index in [2.05, 4.69) is 0 Å². The summed E-state index contributed by atoms with van der Waals surface area (Å²) in [6.07, 6.45) is -16.5. The van der Waals surface area contributed by atoms with Crippen LogP contribution in [-0.4, -0.2) is 127 Å². The molecule has 3 aromatic rings. The van der Waals surface area contributed by atoms with Gasteiger partial charge in [-0.25, -0.2) is 0 Å². The van der Waals surface area contributed by atoms with Crippen LogP contribution >= 0.6 is 0 Å². The zero-order chi connectivity index (χ0) is 33.4. The van der Waals surface area contributed by atoms with E-state index in [0.29, 0.717) is 0 Å². The number of carbonyl (C=O) groups excluding carboxylic acids is 1.